The third-order valence-corrected chi connectivity index (χ3v) is 4.90. The SMILES string of the molecule is CC(C)C1CC(NCc2ccc3c(c2)OCO3)CC(C(C)C)O1. The van der Waals surface area contributed by atoms with Crippen LogP contribution in [0.3, 0.4) is 0 Å². The number of benzene rings is 1. The molecule has 128 valence electrons. The highest BCUT2D eigenvalue weighted by Crippen LogP contribution is 2.33. The Bertz CT molecular complexity index is 513. The minimum atomic E-state index is 0.332. The lowest BCUT2D eigenvalue weighted by atomic mass is 9.88. The fourth-order valence-electron chi connectivity index (χ4n) is 3.33. The second kappa shape index (κ2) is 7.10. The summed E-state index contributed by atoms with van der Waals surface area (Å²) < 4.78 is 17.1. The largest absolute Gasteiger partial charge is 0.454 e. The summed E-state index contributed by atoms with van der Waals surface area (Å²) in [5, 5.41) is 3.72. The third kappa shape index (κ3) is 3.99. The van der Waals surface area contributed by atoms with Crippen LogP contribution in [-0.2, 0) is 11.3 Å². The first-order chi connectivity index (χ1) is 11.0. The number of rotatable bonds is 5. The van der Waals surface area contributed by atoms with E-state index in [0.717, 1.165) is 30.9 Å². The molecule has 1 fully saturated rings. The zero-order valence-corrected chi connectivity index (χ0v) is 14.7. The molecule has 1 aromatic rings. The molecule has 23 heavy (non-hydrogen) atoms. The minimum absolute atomic E-state index is 0.332. The molecule has 4 nitrogen and oxygen atoms in total. The number of hydrogen-bond donors (Lipinski definition) is 1. The van der Waals surface area contributed by atoms with Gasteiger partial charge in [0, 0.05) is 12.6 Å². The van der Waals surface area contributed by atoms with E-state index in [0.29, 0.717) is 36.9 Å². The molecular weight excluding hydrogens is 290 g/mol. The quantitative estimate of drug-likeness (QED) is 0.897. The molecule has 0 spiro atoms. The maximum atomic E-state index is 6.28. The van der Waals surface area contributed by atoms with Gasteiger partial charge in [0.2, 0.25) is 6.79 Å². The first kappa shape index (κ1) is 16.6. The fourth-order valence-corrected chi connectivity index (χ4v) is 3.33. The van der Waals surface area contributed by atoms with E-state index >= 15 is 0 Å². The van der Waals surface area contributed by atoms with Crippen LogP contribution < -0.4 is 14.8 Å². The molecule has 0 radical (unpaired) electrons. The maximum Gasteiger partial charge on any atom is 0.231 e. The average molecular weight is 319 g/mol. The van der Waals surface area contributed by atoms with Crippen molar-refractivity contribution >= 4 is 0 Å². The van der Waals surface area contributed by atoms with Crippen molar-refractivity contribution in [3.05, 3.63) is 23.8 Å². The summed E-state index contributed by atoms with van der Waals surface area (Å²) in [6.45, 7) is 10.2. The Labute approximate surface area is 139 Å². The number of ether oxygens (including phenoxy) is 3. The Morgan fingerprint density at radius 3 is 2.30 bits per heavy atom. The highest BCUT2D eigenvalue weighted by atomic mass is 16.7. The van der Waals surface area contributed by atoms with Gasteiger partial charge in [-0.25, -0.2) is 0 Å². The zero-order chi connectivity index (χ0) is 16.4. The summed E-state index contributed by atoms with van der Waals surface area (Å²) in [7, 11) is 0. The molecule has 1 N–H and O–H groups in total. The van der Waals surface area contributed by atoms with Crippen molar-refractivity contribution in [3.63, 3.8) is 0 Å². The van der Waals surface area contributed by atoms with Gasteiger partial charge < -0.3 is 19.5 Å². The van der Waals surface area contributed by atoms with E-state index in [1.807, 2.05) is 6.07 Å². The third-order valence-electron chi connectivity index (χ3n) is 4.90. The summed E-state index contributed by atoms with van der Waals surface area (Å²) in [6.07, 6.45) is 2.88. The van der Waals surface area contributed by atoms with Gasteiger partial charge in [0.05, 0.1) is 12.2 Å². The normalized spacial score (nSPS) is 27.0. The maximum absolute atomic E-state index is 6.28. The standard InChI is InChI=1S/C19H29NO3/c1-12(2)17-8-15(9-18(23-17)13(3)4)20-10-14-5-6-16-19(7-14)22-11-21-16/h5-7,12-13,15,17-18,20H,8-11H2,1-4H3. The van der Waals surface area contributed by atoms with Crippen LogP contribution in [0.25, 0.3) is 0 Å². The van der Waals surface area contributed by atoms with E-state index < -0.39 is 0 Å². The van der Waals surface area contributed by atoms with E-state index in [-0.39, 0.29) is 0 Å². The fraction of sp³-hybridized carbons (Fsp3) is 0.684. The van der Waals surface area contributed by atoms with Gasteiger partial charge in [-0.3, -0.25) is 0 Å². The van der Waals surface area contributed by atoms with E-state index in [1.54, 1.807) is 0 Å². The second-order valence-corrected chi connectivity index (χ2v) is 7.44. The van der Waals surface area contributed by atoms with E-state index in [9.17, 15) is 0 Å². The van der Waals surface area contributed by atoms with Crippen LogP contribution in [0.15, 0.2) is 18.2 Å². The van der Waals surface area contributed by atoms with Crippen molar-refractivity contribution < 1.29 is 14.2 Å². The molecular formula is C19H29NO3. The zero-order valence-electron chi connectivity index (χ0n) is 14.7. The van der Waals surface area contributed by atoms with Gasteiger partial charge in [0.1, 0.15) is 0 Å². The molecule has 2 unspecified atom stereocenters. The molecule has 3 rings (SSSR count). The first-order valence-electron chi connectivity index (χ1n) is 8.80. The minimum Gasteiger partial charge on any atom is -0.454 e. The van der Waals surface area contributed by atoms with Crippen LogP contribution in [-0.4, -0.2) is 25.0 Å². The topological polar surface area (TPSA) is 39.7 Å². The predicted octanol–water partition coefficient (Wildman–Crippen LogP) is 3.73. The van der Waals surface area contributed by atoms with E-state index in [1.165, 1.54) is 5.56 Å². The summed E-state index contributed by atoms with van der Waals surface area (Å²) >= 11 is 0. The van der Waals surface area contributed by atoms with Gasteiger partial charge in [0.15, 0.2) is 11.5 Å². The van der Waals surface area contributed by atoms with Gasteiger partial charge in [0.25, 0.3) is 0 Å². The lowest BCUT2D eigenvalue weighted by Gasteiger charge is -2.39. The van der Waals surface area contributed by atoms with Crippen LogP contribution in [0.2, 0.25) is 0 Å². The van der Waals surface area contributed by atoms with Crippen LogP contribution in [0.4, 0.5) is 0 Å². The second-order valence-electron chi connectivity index (χ2n) is 7.44. The van der Waals surface area contributed by atoms with Crippen molar-refractivity contribution in [1.82, 2.24) is 5.32 Å². The molecule has 1 saturated heterocycles. The summed E-state index contributed by atoms with van der Waals surface area (Å²) in [5.41, 5.74) is 1.24. The Morgan fingerprint density at radius 1 is 1.00 bits per heavy atom. The summed E-state index contributed by atoms with van der Waals surface area (Å²) in [6, 6.07) is 6.69. The Kier molecular flexibility index (Phi) is 5.12. The summed E-state index contributed by atoms with van der Waals surface area (Å²) in [5.74, 6) is 2.83. The monoisotopic (exact) mass is 319 g/mol. The molecule has 0 aromatic heterocycles. The molecule has 4 heteroatoms. The highest BCUT2D eigenvalue weighted by Gasteiger charge is 2.32. The molecule has 0 amide bonds. The van der Waals surface area contributed by atoms with Gasteiger partial charge in [-0.05, 0) is 42.4 Å². The van der Waals surface area contributed by atoms with Crippen LogP contribution in [0.1, 0.15) is 46.1 Å². The Morgan fingerprint density at radius 2 is 1.65 bits per heavy atom. The average Bonchev–Trinajstić information content (AvgIpc) is 3.00. The highest BCUT2D eigenvalue weighted by molar-refractivity contribution is 5.44. The van der Waals surface area contributed by atoms with Crippen LogP contribution in [0.5, 0.6) is 11.5 Å². The van der Waals surface area contributed by atoms with Gasteiger partial charge in [-0.2, -0.15) is 0 Å². The van der Waals surface area contributed by atoms with Gasteiger partial charge >= 0.3 is 0 Å². The van der Waals surface area contributed by atoms with E-state index in [4.69, 9.17) is 14.2 Å². The van der Waals surface area contributed by atoms with Gasteiger partial charge in [-0.15, -0.1) is 0 Å². The van der Waals surface area contributed by atoms with Crippen molar-refractivity contribution in [2.75, 3.05) is 6.79 Å². The van der Waals surface area contributed by atoms with Crippen molar-refractivity contribution in [2.45, 2.75) is 65.3 Å². The predicted molar refractivity (Wildman–Crippen MR) is 90.8 cm³/mol. The molecule has 1 aromatic carbocycles. The van der Waals surface area contributed by atoms with Crippen molar-refractivity contribution in [3.8, 4) is 11.5 Å². The molecule has 0 aliphatic carbocycles. The lowest BCUT2D eigenvalue weighted by molar-refractivity contribution is -0.0995. The van der Waals surface area contributed by atoms with E-state index in [2.05, 4.69) is 45.1 Å². The van der Waals surface area contributed by atoms with Gasteiger partial charge in [-0.1, -0.05) is 33.8 Å². The smallest absolute Gasteiger partial charge is 0.231 e. The molecule has 0 saturated carbocycles. The van der Waals surface area contributed by atoms with Crippen molar-refractivity contribution in [1.29, 1.82) is 0 Å². The number of nitrogens with one attached hydrogen (secondary N) is 1. The molecule has 2 atom stereocenters. The van der Waals surface area contributed by atoms with Crippen LogP contribution >= 0.6 is 0 Å². The lowest BCUT2D eigenvalue weighted by Crippen LogP contribution is -2.46. The molecule has 0 bridgehead atoms. The number of hydrogen-bond acceptors (Lipinski definition) is 4. The summed E-state index contributed by atoms with van der Waals surface area (Å²) in [4.78, 5) is 0. The molecule has 2 heterocycles. The first-order valence-corrected chi connectivity index (χ1v) is 8.80. The molecule has 2 aliphatic rings. The Hall–Kier alpha value is -1.26. The Balaban J connectivity index is 1.60. The van der Waals surface area contributed by atoms with Crippen molar-refractivity contribution in [2.24, 2.45) is 11.8 Å². The number of fused-ring (bicyclic) bond motifs is 1. The van der Waals surface area contributed by atoms with Crippen LogP contribution in [0, 0.1) is 11.8 Å². The molecule has 2 aliphatic heterocycles.